The number of carboxylic acid groups (broad SMARTS) is 1. The van der Waals surface area contributed by atoms with Gasteiger partial charge in [0.1, 0.15) is 4.32 Å². The zero-order valence-electron chi connectivity index (χ0n) is 4.32. The van der Waals surface area contributed by atoms with E-state index in [2.05, 4.69) is 31.9 Å². The van der Waals surface area contributed by atoms with E-state index in [0.29, 0.717) is 5.33 Å². The van der Waals surface area contributed by atoms with E-state index in [-0.39, 0.29) is 0 Å². The highest BCUT2D eigenvalue weighted by molar-refractivity contribution is 9.12. The molecule has 0 aliphatic heterocycles. The predicted molar refractivity (Wildman–Crippen MR) is 38.8 cm³/mol. The van der Waals surface area contributed by atoms with Crippen molar-refractivity contribution in [1.29, 1.82) is 0 Å². The quantitative estimate of drug-likeness (QED) is 0.751. The van der Waals surface area contributed by atoms with Crippen LogP contribution in [0.2, 0.25) is 0 Å². The van der Waals surface area contributed by atoms with Crippen LogP contribution in [0.4, 0.5) is 0 Å². The van der Waals surface area contributed by atoms with Gasteiger partial charge in [-0.25, -0.2) is 0 Å². The number of alkyl halides is 2. The Bertz CT molecular complexity index is 100. The van der Waals surface area contributed by atoms with Gasteiger partial charge in [-0.2, -0.15) is 0 Å². The molecule has 1 N–H and O–H groups in total. The molecule has 0 aliphatic rings. The van der Waals surface area contributed by atoms with Crippen LogP contribution >= 0.6 is 31.9 Å². The summed E-state index contributed by atoms with van der Waals surface area (Å²) in [6.07, 6.45) is 0. The minimum Gasteiger partial charge on any atom is -0.480 e. The minimum atomic E-state index is -0.852. The zero-order chi connectivity index (χ0) is 6.78. The SMILES string of the molecule is C[C@](Br)(CBr)C(=O)O. The zero-order valence-corrected chi connectivity index (χ0v) is 7.49. The molecule has 0 aromatic rings. The number of carboxylic acids is 1. The molecule has 0 unspecified atom stereocenters. The maximum absolute atomic E-state index is 10.2. The fourth-order valence-electron chi connectivity index (χ4n) is 0.0572. The Hall–Kier alpha value is 0.430. The fourth-order valence-corrected chi connectivity index (χ4v) is 0.297. The second-order valence-electron chi connectivity index (χ2n) is 1.64. The monoisotopic (exact) mass is 244 g/mol. The minimum absolute atomic E-state index is 0.412. The lowest BCUT2D eigenvalue weighted by Gasteiger charge is -2.10. The van der Waals surface area contributed by atoms with E-state index < -0.39 is 10.3 Å². The smallest absolute Gasteiger partial charge is 0.321 e. The summed E-state index contributed by atoms with van der Waals surface area (Å²) in [6.45, 7) is 1.59. The van der Waals surface area contributed by atoms with E-state index in [1.165, 1.54) is 0 Å². The highest BCUT2D eigenvalue weighted by atomic mass is 79.9. The second kappa shape index (κ2) is 2.82. The van der Waals surface area contributed by atoms with Gasteiger partial charge in [-0.15, -0.1) is 0 Å². The van der Waals surface area contributed by atoms with E-state index >= 15 is 0 Å². The number of carbonyl (C=O) groups is 1. The Balaban J connectivity index is 3.91. The Morgan fingerprint density at radius 2 is 2.25 bits per heavy atom. The third-order valence-corrected chi connectivity index (χ3v) is 3.19. The molecule has 0 fully saturated rings. The maximum Gasteiger partial charge on any atom is 0.321 e. The Morgan fingerprint density at radius 3 is 2.25 bits per heavy atom. The third-order valence-electron chi connectivity index (χ3n) is 0.697. The van der Waals surface area contributed by atoms with Gasteiger partial charge in [-0.1, -0.05) is 31.9 Å². The summed E-state index contributed by atoms with van der Waals surface area (Å²) in [4.78, 5) is 10.2. The van der Waals surface area contributed by atoms with Gasteiger partial charge in [0.25, 0.3) is 0 Å². The molecule has 48 valence electrons. The van der Waals surface area contributed by atoms with Gasteiger partial charge >= 0.3 is 5.97 Å². The van der Waals surface area contributed by atoms with Crippen molar-refractivity contribution in [3.63, 3.8) is 0 Å². The van der Waals surface area contributed by atoms with Crippen LogP contribution in [0.15, 0.2) is 0 Å². The van der Waals surface area contributed by atoms with Crippen molar-refractivity contribution >= 4 is 37.8 Å². The Morgan fingerprint density at radius 1 is 1.88 bits per heavy atom. The van der Waals surface area contributed by atoms with Crippen LogP contribution in [-0.4, -0.2) is 20.7 Å². The molecular weight excluding hydrogens is 240 g/mol. The molecule has 8 heavy (non-hydrogen) atoms. The fraction of sp³-hybridized carbons (Fsp3) is 0.750. The summed E-state index contributed by atoms with van der Waals surface area (Å²) >= 11 is 6.04. The van der Waals surface area contributed by atoms with Crippen molar-refractivity contribution in [2.45, 2.75) is 11.2 Å². The average molecular weight is 246 g/mol. The molecule has 1 atom stereocenters. The molecule has 0 aliphatic carbocycles. The first-order chi connectivity index (χ1) is 3.50. The normalized spacial score (nSPS) is 17.4. The first-order valence-corrected chi connectivity index (χ1v) is 3.90. The van der Waals surface area contributed by atoms with Gasteiger partial charge in [-0.3, -0.25) is 4.79 Å². The summed E-state index contributed by atoms with van der Waals surface area (Å²) in [7, 11) is 0. The van der Waals surface area contributed by atoms with E-state index in [9.17, 15) is 4.79 Å². The molecule has 0 rings (SSSR count). The topological polar surface area (TPSA) is 37.3 Å². The summed E-state index contributed by atoms with van der Waals surface area (Å²) < 4.78 is -0.812. The van der Waals surface area contributed by atoms with Gasteiger partial charge in [0, 0.05) is 5.33 Å². The molecule has 0 saturated heterocycles. The van der Waals surface area contributed by atoms with Crippen LogP contribution in [-0.2, 0) is 4.79 Å². The number of aliphatic carboxylic acids is 1. The van der Waals surface area contributed by atoms with E-state index in [0.717, 1.165) is 0 Å². The molecule has 0 bridgehead atoms. The number of hydrogen-bond acceptors (Lipinski definition) is 1. The largest absolute Gasteiger partial charge is 0.480 e. The van der Waals surface area contributed by atoms with Crippen LogP contribution in [0, 0.1) is 0 Å². The molecule has 0 amide bonds. The Labute approximate surface area is 64.5 Å². The summed E-state index contributed by atoms with van der Waals surface area (Å²) in [5, 5.41) is 8.78. The van der Waals surface area contributed by atoms with Crippen LogP contribution in [0.1, 0.15) is 6.92 Å². The van der Waals surface area contributed by atoms with Gasteiger partial charge in [-0.05, 0) is 6.92 Å². The molecule has 0 heterocycles. The maximum atomic E-state index is 10.2. The van der Waals surface area contributed by atoms with E-state index in [1.54, 1.807) is 6.92 Å². The lowest BCUT2D eigenvalue weighted by atomic mass is 10.2. The van der Waals surface area contributed by atoms with Crippen molar-refractivity contribution in [1.82, 2.24) is 0 Å². The van der Waals surface area contributed by atoms with Gasteiger partial charge in [0.05, 0.1) is 0 Å². The number of hydrogen-bond donors (Lipinski definition) is 1. The van der Waals surface area contributed by atoms with E-state index in [4.69, 9.17) is 5.11 Å². The van der Waals surface area contributed by atoms with Gasteiger partial charge in [0.2, 0.25) is 0 Å². The molecule has 0 aromatic carbocycles. The second-order valence-corrected chi connectivity index (χ2v) is 3.95. The summed E-state index contributed by atoms with van der Waals surface area (Å²) in [5.41, 5.74) is 0. The van der Waals surface area contributed by atoms with Gasteiger partial charge in [0.15, 0.2) is 0 Å². The molecule has 4 heteroatoms. The van der Waals surface area contributed by atoms with Crippen molar-refractivity contribution < 1.29 is 9.90 Å². The molecular formula is C4H6Br2O2. The average Bonchev–Trinajstić information content (AvgIpc) is 1.67. The Kier molecular flexibility index (Phi) is 2.98. The third kappa shape index (κ3) is 2.13. The van der Waals surface area contributed by atoms with Crippen molar-refractivity contribution in [2.24, 2.45) is 0 Å². The van der Waals surface area contributed by atoms with Crippen LogP contribution in [0.5, 0.6) is 0 Å². The van der Waals surface area contributed by atoms with E-state index in [1.807, 2.05) is 0 Å². The van der Waals surface area contributed by atoms with Crippen molar-refractivity contribution in [3.8, 4) is 0 Å². The highest BCUT2D eigenvalue weighted by Gasteiger charge is 2.27. The molecule has 2 nitrogen and oxygen atoms in total. The highest BCUT2D eigenvalue weighted by Crippen LogP contribution is 2.19. The standard InChI is InChI=1S/C4H6Br2O2/c1-4(6,2-5)3(7)8/h2H2,1H3,(H,7,8)/t4-/m0/s1. The molecule has 0 radical (unpaired) electrons. The van der Waals surface area contributed by atoms with Crippen molar-refractivity contribution in [2.75, 3.05) is 5.33 Å². The molecule has 0 spiro atoms. The summed E-state index contributed by atoms with van der Waals surface area (Å²) in [6, 6.07) is 0. The molecule has 0 aromatic heterocycles. The lowest BCUT2D eigenvalue weighted by molar-refractivity contribution is -0.138. The van der Waals surface area contributed by atoms with Crippen LogP contribution in [0.3, 0.4) is 0 Å². The first kappa shape index (κ1) is 8.43. The van der Waals surface area contributed by atoms with Gasteiger partial charge < -0.3 is 5.11 Å². The number of rotatable bonds is 2. The first-order valence-electron chi connectivity index (χ1n) is 1.99. The predicted octanol–water partition coefficient (Wildman–Crippen LogP) is 1.62. The summed E-state index contributed by atoms with van der Waals surface area (Å²) in [5.74, 6) is -0.852. The lowest BCUT2D eigenvalue weighted by Crippen LogP contribution is -2.29. The number of halogens is 2. The van der Waals surface area contributed by atoms with Crippen LogP contribution in [0.25, 0.3) is 0 Å². The van der Waals surface area contributed by atoms with Crippen LogP contribution < -0.4 is 0 Å². The molecule has 0 saturated carbocycles. The van der Waals surface area contributed by atoms with Crippen molar-refractivity contribution in [3.05, 3.63) is 0 Å².